The molecule has 2 aliphatic carbocycles. The Morgan fingerprint density at radius 1 is 0.690 bits per heavy atom. The minimum atomic E-state index is -0.605. The summed E-state index contributed by atoms with van der Waals surface area (Å²) in [7, 11) is -0.458. The molecular formula is C47H62BN3O7. The maximum atomic E-state index is 13.4. The van der Waals surface area contributed by atoms with Gasteiger partial charge in [-0.05, 0) is 110 Å². The molecule has 7 rings (SSSR count). The van der Waals surface area contributed by atoms with Crippen LogP contribution in [0.4, 0.5) is 16.2 Å². The summed E-state index contributed by atoms with van der Waals surface area (Å²) in [5, 5.41) is 6.22. The van der Waals surface area contributed by atoms with Crippen LogP contribution in [-0.2, 0) is 34.9 Å². The largest absolute Gasteiger partial charge is 0.496 e. The highest BCUT2D eigenvalue weighted by atomic mass is 16.7. The zero-order valence-electron chi connectivity index (χ0n) is 35.5. The van der Waals surface area contributed by atoms with Crippen LogP contribution in [-0.4, -0.2) is 65.1 Å². The highest BCUT2D eigenvalue weighted by molar-refractivity contribution is 6.64. The normalized spacial score (nSPS) is 20.4. The number of hydrogen-bond donors (Lipinski definition) is 2. The summed E-state index contributed by atoms with van der Waals surface area (Å²) in [5.74, 6) is 0.407. The predicted octanol–water partition coefficient (Wildman–Crippen LogP) is 9.11. The molecular weight excluding hydrogens is 729 g/mol. The number of anilines is 2. The Labute approximate surface area is 345 Å². The zero-order chi connectivity index (χ0) is 41.7. The van der Waals surface area contributed by atoms with Gasteiger partial charge >= 0.3 is 13.2 Å². The topological polar surface area (TPSA) is 123 Å². The van der Waals surface area contributed by atoms with Gasteiger partial charge < -0.3 is 24.7 Å². The predicted molar refractivity (Wildman–Crippen MR) is 230 cm³/mol. The molecule has 0 radical (unpaired) electrons. The minimum Gasteiger partial charge on any atom is -0.444 e. The SMILES string of the molecule is CC(C)(C)OC(=O)N1CCC[C@H]1C(=O)Cc1ccccc1-c1ccccc1NC(=O)C1CCCC1.CC1(C)OB(c2ccccc2NC(=O)C2CCCC2)OC1(C)C. The van der Waals surface area contributed by atoms with E-state index < -0.39 is 24.9 Å². The first-order valence-electron chi connectivity index (χ1n) is 21.3. The molecule has 0 aromatic heterocycles. The molecule has 2 saturated carbocycles. The Kier molecular flexibility index (Phi) is 13.5. The molecule has 4 fully saturated rings. The average molecular weight is 792 g/mol. The molecule has 0 bridgehead atoms. The van der Waals surface area contributed by atoms with Crippen LogP contribution in [0.15, 0.2) is 72.8 Å². The van der Waals surface area contributed by atoms with E-state index in [1.54, 1.807) is 4.90 Å². The third-order valence-electron chi connectivity index (χ3n) is 12.3. The van der Waals surface area contributed by atoms with Gasteiger partial charge in [0.25, 0.3) is 0 Å². The van der Waals surface area contributed by atoms with Crippen molar-refractivity contribution in [2.45, 2.75) is 142 Å². The molecule has 2 heterocycles. The lowest BCUT2D eigenvalue weighted by atomic mass is 9.77. The fraction of sp³-hybridized carbons (Fsp3) is 0.532. The third-order valence-corrected chi connectivity index (χ3v) is 12.3. The first-order chi connectivity index (χ1) is 27.5. The molecule has 4 aliphatic rings. The van der Waals surface area contributed by atoms with Crippen LogP contribution in [0, 0.1) is 11.8 Å². The van der Waals surface area contributed by atoms with Crippen LogP contribution in [0.25, 0.3) is 11.1 Å². The van der Waals surface area contributed by atoms with E-state index >= 15 is 0 Å². The number of rotatable bonds is 9. The Morgan fingerprint density at radius 3 is 1.78 bits per heavy atom. The van der Waals surface area contributed by atoms with Gasteiger partial charge in [-0.1, -0.05) is 86.3 Å². The highest BCUT2D eigenvalue weighted by Crippen LogP contribution is 2.38. The van der Waals surface area contributed by atoms with Gasteiger partial charge in [-0.15, -0.1) is 0 Å². The summed E-state index contributed by atoms with van der Waals surface area (Å²) in [5.41, 5.74) is 3.77. The lowest BCUT2D eigenvalue weighted by molar-refractivity contribution is -0.122. The van der Waals surface area contributed by atoms with Crippen LogP contribution >= 0.6 is 0 Å². The summed E-state index contributed by atoms with van der Waals surface area (Å²) in [6, 6.07) is 22.9. The van der Waals surface area contributed by atoms with Crippen molar-refractivity contribution in [2.75, 3.05) is 17.2 Å². The maximum absolute atomic E-state index is 13.4. The van der Waals surface area contributed by atoms with Gasteiger partial charge in [-0.2, -0.15) is 0 Å². The molecule has 11 heteroatoms. The first-order valence-corrected chi connectivity index (χ1v) is 21.3. The molecule has 3 aromatic carbocycles. The van der Waals surface area contributed by atoms with Crippen LogP contribution in [0.1, 0.15) is 118 Å². The molecule has 0 unspecified atom stereocenters. The number of ketones is 1. The summed E-state index contributed by atoms with van der Waals surface area (Å²) < 4.78 is 17.8. The molecule has 58 heavy (non-hydrogen) atoms. The van der Waals surface area contributed by atoms with Gasteiger partial charge in [0.05, 0.1) is 17.2 Å². The van der Waals surface area contributed by atoms with Gasteiger partial charge in [0, 0.05) is 47.2 Å². The molecule has 2 saturated heterocycles. The van der Waals surface area contributed by atoms with Gasteiger partial charge in [0.1, 0.15) is 5.60 Å². The van der Waals surface area contributed by atoms with E-state index in [2.05, 4.69) is 10.6 Å². The number of Topliss-reactive ketones (excluding diaryl/α,β-unsaturated/α-hetero) is 1. The number of carbonyl (C=O) groups is 4. The highest BCUT2D eigenvalue weighted by Gasteiger charge is 2.52. The van der Waals surface area contributed by atoms with E-state index in [1.807, 2.05) is 121 Å². The fourth-order valence-corrected chi connectivity index (χ4v) is 8.34. The Hall–Kier alpha value is -4.48. The van der Waals surface area contributed by atoms with Crippen molar-refractivity contribution in [1.29, 1.82) is 0 Å². The van der Waals surface area contributed by atoms with Gasteiger partial charge in [-0.25, -0.2) is 4.79 Å². The Balaban J connectivity index is 0.000000213. The molecule has 2 N–H and O–H groups in total. The number of nitrogens with zero attached hydrogens (tertiary/aromatic N) is 1. The van der Waals surface area contributed by atoms with E-state index in [4.69, 9.17) is 14.0 Å². The standard InChI is InChI=1S/C29H36N2O4.C18H26BNO3/c1-29(2,3)35-28(34)31-18-10-17-25(31)26(32)19-21-13-6-7-14-22(21)23-15-8-9-16-24(23)30-27(33)20-11-4-5-12-20;1-17(2)18(3,4)23-19(22-17)14-11-7-8-12-15(14)20-16(21)13-9-5-6-10-13/h6-9,13-16,20,25H,4-5,10-12,17-19H2,1-3H3,(H,30,33);7-8,11-13H,5-6,9-10H2,1-4H3,(H,20,21)/t25-;/m0./s1. The minimum absolute atomic E-state index is 0.00767. The first kappa shape index (κ1) is 43.1. The van der Waals surface area contributed by atoms with Gasteiger partial charge in [0.15, 0.2) is 5.78 Å². The molecule has 310 valence electrons. The van der Waals surface area contributed by atoms with E-state index in [1.165, 1.54) is 0 Å². The number of para-hydroxylation sites is 2. The second kappa shape index (κ2) is 18.2. The van der Waals surface area contributed by atoms with Crippen molar-refractivity contribution >= 4 is 47.6 Å². The maximum Gasteiger partial charge on any atom is 0.496 e. The lowest BCUT2D eigenvalue weighted by Crippen LogP contribution is -2.43. The number of amides is 3. The summed E-state index contributed by atoms with van der Waals surface area (Å²) in [6.07, 6.45) is 9.58. The fourth-order valence-electron chi connectivity index (χ4n) is 8.34. The summed E-state index contributed by atoms with van der Waals surface area (Å²) in [6.45, 7) is 14.2. The van der Waals surface area contributed by atoms with E-state index in [9.17, 15) is 19.2 Å². The monoisotopic (exact) mass is 791 g/mol. The summed E-state index contributed by atoms with van der Waals surface area (Å²) in [4.78, 5) is 52.9. The molecule has 2 aliphatic heterocycles. The van der Waals surface area contributed by atoms with E-state index in [-0.39, 0.29) is 47.1 Å². The van der Waals surface area contributed by atoms with E-state index in [0.717, 1.165) is 91.3 Å². The quantitative estimate of drug-likeness (QED) is 0.207. The van der Waals surface area contributed by atoms with Crippen molar-refractivity contribution in [3.63, 3.8) is 0 Å². The van der Waals surface area contributed by atoms with Crippen LogP contribution in [0.5, 0.6) is 0 Å². The van der Waals surface area contributed by atoms with Crippen LogP contribution in [0.2, 0.25) is 0 Å². The Morgan fingerprint density at radius 2 is 1.19 bits per heavy atom. The number of ether oxygens (including phenoxy) is 1. The smallest absolute Gasteiger partial charge is 0.444 e. The number of likely N-dealkylation sites (tertiary alicyclic amines) is 1. The van der Waals surface area contributed by atoms with Crippen molar-refractivity contribution in [1.82, 2.24) is 4.90 Å². The lowest BCUT2D eigenvalue weighted by Gasteiger charge is -2.32. The van der Waals surface area contributed by atoms with Crippen LogP contribution < -0.4 is 16.1 Å². The molecule has 3 amide bonds. The van der Waals surface area contributed by atoms with Crippen molar-refractivity contribution in [3.8, 4) is 11.1 Å². The second-order valence-electron chi connectivity index (χ2n) is 18.3. The second-order valence-corrected chi connectivity index (χ2v) is 18.3. The molecule has 3 aromatic rings. The molecule has 0 spiro atoms. The number of carbonyl (C=O) groups excluding carboxylic acids is 4. The van der Waals surface area contributed by atoms with Crippen molar-refractivity contribution in [3.05, 3.63) is 78.4 Å². The van der Waals surface area contributed by atoms with Crippen LogP contribution in [0.3, 0.4) is 0 Å². The summed E-state index contributed by atoms with van der Waals surface area (Å²) >= 11 is 0. The number of benzene rings is 3. The van der Waals surface area contributed by atoms with E-state index in [0.29, 0.717) is 13.0 Å². The number of hydrogen-bond acceptors (Lipinski definition) is 7. The third kappa shape index (κ3) is 10.4. The van der Waals surface area contributed by atoms with Gasteiger partial charge in [0.2, 0.25) is 11.8 Å². The number of nitrogens with one attached hydrogen (secondary N) is 2. The van der Waals surface area contributed by atoms with Crippen molar-refractivity contribution < 1.29 is 33.2 Å². The zero-order valence-corrected chi connectivity index (χ0v) is 35.5. The van der Waals surface area contributed by atoms with Gasteiger partial charge in [-0.3, -0.25) is 19.3 Å². The average Bonchev–Trinajstić information content (AvgIpc) is 4.00. The Bertz CT molecular complexity index is 1930. The van der Waals surface area contributed by atoms with Crippen molar-refractivity contribution in [2.24, 2.45) is 11.8 Å². The molecule has 10 nitrogen and oxygen atoms in total. The molecule has 1 atom stereocenters.